The summed E-state index contributed by atoms with van der Waals surface area (Å²) in [6.45, 7) is 1.99. The maximum Gasteiger partial charge on any atom is 0.219 e. The van der Waals surface area contributed by atoms with Crippen LogP contribution >= 0.6 is 0 Å². The van der Waals surface area contributed by atoms with E-state index in [0.29, 0.717) is 5.88 Å². The summed E-state index contributed by atoms with van der Waals surface area (Å²) in [5.41, 5.74) is 1.12. The Kier molecular flexibility index (Phi) is 2.40. The van der Waals surface area contributed by atoms with Gasteiger partial charge in [0.2, 0.25) is 5.88 Å². The van der Waals surface area contributed by atoms with E-state index < -0.39 is 0 Å². The summed E-state index contributed by atoms with van der Waals surface area (Å²) in [5.74, 6) is 1.35. The van der Waals surface area contributed by atoms with Crippen LogP contribution in [0.4, 0.5) is 0 Å². The Bertz CT molecular complexity index is 397. The molecule has 0 amide bonds. The molecule has 2 aromatic heterocycles. The molecule has 0 aliphatic heterocycles. The lowest BCUT2D eigenvalue weighted by Crippen LogP contribution is -1.87. The monoisotopic (exact) mass is 186 g/mol. The Morgan fingerprint density at radius 1 is 1.07 bits per heavy atom. The maximum atomic E-state index is 5.48. The summed E-state index contributed by atoms with van der Waals surface area (Å²) in [4.78, 5) is 8.03. The topological polar surface area (TPSA) is 35.0 Å². The number of hydrogen-bond donors (Lipinski definition) is 0. The average Bonchev–Trinajstić information content (AvgIpc) is 2.23. The minimum Gasteiger partial charge on any atom is -0.439 e. The molecule has 3 heteroatoms. The molecule has 2 aromatic rings. The molecule has 0 aliphatic rings. The lowest BCUT2D eigenvalue weighted by atomic mass is 10.3. The van der Waals surface area contributed by atoms with Crippen molar-refractivity contribution in [3.05, 3.63) is 48.4 Å². The molecule has 0 unspecified atom stereocenters. The molecule has 0 aliphatic carbocycles. The van der Waals surface area contributed by atoms with Gasteiger partial charge in [0.25, 0.3) is 0 Å². The molecule has 2 heterocycles. The van der Waals surface area contributed by atoms with Gasteiger partial charge in [0.1, 0.15) is 5.75 Å². The van der Waals surface area contributed by atoms with Crippen LogP contribution in [0.3, 0.4) is 0 Å². The summed E-state index contributed by atoms with van der Waals surface area (Å²) < 4.78 is 5.48. The van der Waals surface area contributed by atoms with E-state index >= 15 is 0 Å². The summed E-state index contributed by atoms with van der Waals surface area (Å²) in [7, 11) is 0. The summed E-state index contributed by atoms with van der Waals surface area (Å²) >= 11 is 0. The van der Waals surface area contributed by atoms with Crippen LogP contribution in [-0.4, -0.2) is 9.97 Å². The fourth-order valence-electron chi connectivity index (χ4n) is 1.04. The van der Waals surface area contributed by atoms with Gasteiger partial charge in [-0.2, -0.15) is 0 Å². The molecule has 0 saturated heterocycles. The van der Waals surface area contributed by atoms with Crippen molar-refractivity contribution in [1.82, 2.24) is 9.97 Å². The van der Waals surface area contributed by atoms with E-state index in [0.717, 1.165) is 11.3 Å². The second-order valence-electron chi connectivity index (χ2n) is 2.96. The van der Waals surface area contributed by atoms with E-state index in [-0.39, 0.29) is 0 Å². The van der Waals surface area contributed by atoms with Gasteiger partial charge in [-0.1, -0.05) is 6.07 Å². The smallest absolute Gasteiger partial charge is 0.219 e. The third-order valence-corrected chi connectivity index (χ3v) is 1.76. The molecule has 2 rings (SSSR count). The summed E-state index contributed by atoms with van der Waals surface area (Å²) in [6, 6.07) is 7.39. The van der Waals surface area contributed by atoms with Crippen LogP contribution in [0.5, 0.6) is 11.6 Å². The fraction of sp³-hybridized carbons (Fsp3) is 0.0909. The van der Waals surface area contributed by atoms with Crippen LogP contribution in [0.1, 0.15) is 5.56 Å². The van der Waals surface area contributed by atoms with Gasteiger partial charge in [0.15, 0.2) is 0 Å². The summed E-state index contributed by atoms with van der Waals surface area (Å²) in [6.07, 6.45) is 5.14. The number of hydrogen-bond acceptors (Lipinski definition) is 3. The number of rotatable bonds is 2. The van der Waals surface area contributed by atoms with Gasteiger partial charge in [0, 0.05) is 24.7 Å². The van der Waals surface area contributed by atoms with E-state index in [4.69, 9.17) is 4.74 Å². The SMILES string of the molecule is Cc1ccc(Oc2ccncc2)nc1. The molecule has 0 saturated carbocycles. The van der Waals surface area contributed by atoms with Gasteiger partial charge in [-0.3, -0.25) is 4.98 Å². The second-order valence-corrected chi connectivity index (χ2v) is 2.96. The van der Waals surface area contributed by atoms with Crippen LogP contribution in [0, 0.1) is 6.92 Å². The zero-order valence-corrected chi connectivity index (χ0v) is 7.84. The Hall–Kier alpha value is -1.90. The first-order valence-electron chi connectivity index (χ1n) is 4.35. The standard InChI is InChI=1S/C11H10N2O/c1-9-2-3-11(13-8-9)14-10-4-6-12-7-5-10/h2-8H,1H3. The van der Waals surface area contributed by atoms with E-state index in [1.54, 1.807) is 30.7 Å². The summed E-state index contributed by atoms with van der Waals surface area (Å²) in [5, 5.41) is 0. The van der Waals surface area contributed by atoms with Gasteiger partial charge < -0.3 is 4.74 Å². The van der Waals surface area contributed by atoms with E-state index in [9.17, 15) is 0 Å². The van der Waals surface area contributed by atoms with Gasteiger partial charge in [0.05, 0.1) is 0 Å². The van der Waals surface area contributed by atoms with Gasteiger partial charge >= 0.3 is 0 Å². The van der Waals surface area contributed by atoms with Crippen molar-refractivity contribution >= 4 is 0 Å². The van der Waals surface area contributed by atoms with E-state index in [1.165, 1.54) is 0 Å². The van der Waals surface area contributed by atoms with Crippen LogP contribution in [0.15, 0.2) is 42.9 Å². The van der Waals surface area contributed by atoms with Crippen molar-refractivity contribution in [2.45, 2.75) is 6.92 Å². The van der Waals surface area contributed by atoms with E-state index in [2.05, 4.69) is 9.97 Å². The van der Waals surface area contributed by atoms with Crippen molar-refractivity contribution in [3.63, 3.8) is 0 Å². The Labute approximate surface area is 82.4 Å². The predicted octanol–water partition coefficient (Wildman–Crippen LogP) is 2.58. The molecule has 0 radical (unpaired) electrons. The van der Waals surface area contributed by atoms with Crippen molar-refractivity contribution in [3.8, 4) is 11.6 Å². The molecular weight excluding hydrogens is 176 g/mol. The molecule has 0 N–H and O–H groups in total. The molecular formula is C11H10N2O. The first-order valence-corrected chi connectivity index (χ1v) is 4.35. The fourth-order valence-corrected chi connectivity index (χ4v) is 1.04. The zero-order valence-electron chi connectivity index (χ0n) is 7.84. The number of nitrogens with zero attached hydrogens (tertiary/aromatic N) is 2. The van der Waals surface area contributed by atoms with Crippen LogP contribution in [0.25, 0.3) is 0 Å². The van der Waals surface area contributed by atoms with Crippen LogP contribution < -0.4 is 4.74 Å². The highest BCUT2D eigenvalue weighted by Crippen LogP contribution is 2.17. The highest BCUT2D eigenvalue weighted by atomic mass is 16.5. The van der Waals surface area contributed by atoms with Gasteiger partial charge in [-0.25, -0.2) is 4.98 Å². The third-order valence-electron chi connectivity index (χ3n) is 1.76. The molecule has 0 spiro atoms. The minimum absolute atomic E-state index is 0.599. The van der Waals surface area contributed by atoms with Gasteiger partial charge in [-0.05, 0) is 24.6 Å². The Morgan fingerprint density at radius 3 is 2.50 bits per heavy atom. The number of ether oxygens (including phenoxy) is 1. The molecule has 3 nitrogen and oxygen atoms in total. The normalized spacial score (nSPS) is 9.79. The van der Waals surface area contributed by atoms with Crippen molar-refractivity contribution in [2.75, 3.05) is 0 Å². The van der Waals surface area contributed by atoms with Crippen molar-refractivity contribution in [1.29, 1.82) is 0 Å². The number of pyridine rings is 2. The third kappa shape index (κ3) is 2.07. The van der Waals surface area contributed by atoms with Crippen LogP contribution in [0.2, 0.25) is 0 Å². The molecule has 0 bridgehead atoms. The highest BCUT2D eigenvalue weighted by molar-refractivity contribution is 5.25. The second kappa shape index (κ2) is 3.87. The van der Waals surface area contributed by atoms with Crippen molar-refractivity contribution < 1.29 is 4.74 Å². The largest absolute Gasteiger partial charge is 0.439 e. The average molecular weight is 186 g/mol. The van der Waals surface area contributed by atoms with E-state index in [1.807, 2.05) is 19.1 Å². The number of aromatic nitrogens is 2. The predicted molar refractivity (Wildman–Crippen MR) is 53.3 cm³/mol. The Morgan fingerprint density at radius 2 is 1.86 bits per heavy atom. The highest BCUT2D eigenvalue weighted by Gasteiger charge is 1.96. The van der Waals surface area contributed by atoms with Gasteiger partial charge in [-0.15, -0.1) is 0 Å². The maximum absolute atomic E-state index is 5.48. The van der Waals surface area contributed by atoms with Crippen LogP contribution in [-0.2, 0) is 0 Å². The molecule has 14 heavy (non-hydrogen) atoms. The zero-order chi connectivity index (χ0) is 9.80. The quantitative estimate of drug-likeness (QED) is 0.723. The first-order chi connectivity index (χ1) is 6.84. The first kappa shape index (κ1) is 8.69. The molecule has 0 aromatic carbocycles. The molecule has 70 valence electrons. The molecule has 0 fully saturated rings. The minimum atomic E-state index is 0.599. The lowest BCUT2D eigenvalue weighted by Gasteiger charge is -2.03. The molecule has 0 atom stereocenters. The Balaban J connectivity index is 2.16. The number of aryl methyl sites for hydroxylation is 1. The van der Waals surface area contributed by atoms with Crippen molar-refractivity contribution in [2.24, 2.45) is 0 Å². The lowest BCUT2D eigenvalue weighted by molar-refractivity contribution is 0.462.